The van der Waals surface area contributed by atoms with Crippen molar-refractivity contribution >= 4 is 11.3 Å². The Morgan fingerprint density at radius 1 is 1.35 bits per heavy atom. The zero-order valence-corrected chi connectivity index (χ0v) is 11.7. The summed E-state index contributed by atoms with van der Waals surface area (Å²) in [4.78, 5) is 6.42. The first-order valence-electron chi connectivity index (χ1n) is 6.41. The van der Waals surface area contributed by atoms with Gasteiger partial charge < -0.3 is 10.2 Å². The zero-order chi connectivity index (χ0) is 12.1. The van der Waals surface area contributed by atoms with Gasteiger partial charge in [-0.2, -0.15) is 0 Å². The lowest BCUT2D eigenvalue weighted by Crippen LogP contribution is -2.50. The molecule has 2 rings (SSSR count). The molecule has 0 radical (unpaired) electrons. The second kappa shape index (κ2) is 6.50. The van der Waals surface area contributed by atoms with Crippen molar-refractivity contribution in [3.63, 3.8) is 0 Å². The van der Waals surface area contributed by atoms with E-state index in [1.807, 2.05) is 11.3 Å². The minimum absolute atomic E-state index is 0.642. The minimum atomic E-state index is 0.642. The van der Waals surface area contributed by atoms with Gasteiger partial charge in [-0.15, -0.1) is 11.3 Å². The van der Waals surface area contributed by atoms with Crippen molar-refractivity contribution in [3.05, 3.63) is 22.4 Å². The Balaban J connectivity index is 1.65. The van der Waals surface area contributed by atoms with Crippen LogP contribution in [0.15, 0.2) is 17.5 Å². The van der Waals surface area contributed by atoms with Crippen molar-refractivity contribution < 1.29 is 0 Å². The van der Waals surface area contributed by atoms with E-state index in [1.54, 1.807) is 0 Å². The number of rotatable bonds is 5. The lowest BCUT2D eigenvalue weighted by Gasteiger charge is -2.36. The van der Waals surface area contributed by atoms with Crippen LogP contribution in [0, 0.1) is 0 Å². The first-order valence-corrected chi connectivity index (χ1v) is 7.29. The number of nitrogens with one attached hydrogen (secondary N) is 1. The smallest absolute Gasteiger partial charge is 0.0300 e. The SMILES string of the molecule is CC(CNCc1cccs1)N1CCN(C)CC1. The molecule has 4 heteroatoms. The minimum Gasteiger partial charge on any atom is -0.310 e. The molecule has 1 unspecified atom stereocenters. The van der Waals surface area contributed by atoms with Gasteiger partial charge in [-0.25, -0.2) is 0 Å². The molecule has 0 saturated carbocycles. The zero-order valence-electron chi connectivity index (χ0n) is 10.9. The van der Waals surface area contributed by atoms with Crippen LogP contribution in [0.5, 0.6) is 0 Å². The molecule has 96 valence electrons. The predicted octanol–water partition coefficient (Wildman–Crippen LogP) is 1.47. The Morgan fingerprint density at radius 3 is 2.76 bits per heavy atom. The molecule has 1 aliphatic rings. The molecule has 1 aromatic rings. The highest BCUT2D eigenvalue weighted by Crippen LogP contribution is 2.08. The molecule has 0 aromatic carbocycles. The van der Waals surface area contributed by atoms with Crippen molar-refractivity contribution in [2.45, 2.75) is 19.5 Å². The second-order valence-corrected chi connectivity index (χ2v) is 5.93. The van der Waals surface area contributed by atoms with Crippen LogP contribution in [0.4, 0.5) is 0 Å². The maximum Gasteiger partial charge on any atom is 0.0300 e. The number of hydrogen-bond acceptors (Lipinski definition) is 4. The summed E-state index contributed by atoms with van der Waals surface area (Å²) in [5.74, 6) is 0. The molecule has 2 heterocycles. The maximum atomic E-state index is 3.55. The fraction of sp³-hybridized carbons (Fsp3) is 0.692. The maximum absolute atomic E-state index is 3.55. The van der Waals surface area contributed by atoms with E-state index in [9.17, 15) is 0 Å². The Labute approximate surface area is 108 Å². The molecule has 1 N–H and O–H groups in total. The van der Waals surface area contributed by atoms with Crippen molar-refractivity contribution in [3.8, 4) is 0 Å². The van der Waals surface area contributed by atoms with Gasteiger partial charge in [0.15, 0.2) is 0 Å². The van der Waals surface area contributed by atoms with Crippen LogP contribution in [-0.2, 0) is 6.54 Å². The monoisotopic (exact) mass is 253 g/mol. The molecule has 1 aromatic heterocycles. The number of thiophene rings is 1. The molecule has 0 aliphatic carbocycles. The topological polar surface area (TPSA) is 18.5 Å². The normalized spacial score (nSPS) is 20.6. The van der Waals surface area contributed by atoms with E-state index in [1.165, 1.54) is 31.1 Å². The second-order valence-electron chi connectivity index (χ2n) is 4.90. The van der Waals surface area contributed by atoms with Gasteiger partial charge in [0.05, 0.1) is 0 Å². The summed E-state index contributed by atoms with van der Waals surface area (Å²) in [7, 11) is 2.21. The van der Waals surface area contributed by atoms with Crippen LogP contribution in [-0.4, -0.2) is 55.6 Å². The molecule has 1 fully saturated rings. The molecule has 17 heavy (non-hydrogen) atoms. The summed E-state index contributed by atoms with van der Waals surface area (Å²) in [5, 5.41) is 5.69. The van der Waals surface area contributed by atoms with E-state index in [4.69, 9.17) is 0 Å². The summed E-state index contributed by atoms with van der Waals surface area (Å²) in [6.07, 6.45) is 0. The summed E-state index contributed by atoms with van der Waals surface area (Å²) in [6.45, 7) is 9.24. The van der Waals surface area contributed by atoms with E-state index in [2.05, 4.69) is 46.6 Å². The van der Waals surface area contributed by atoms with E-state index in [-0.39, 0.29) is 0 Å². The van der Waals surface area contributed by atoms with Crippen molar-refractivity contribution in [2.75, 3.05) is 39.8 Å². The van der Waals surface area contributed by atoms with Crippen LogP contribution in [0.2, 0.25) is 0 Å². The van der Waals surface area contributed by atoms with Crippen LogP contribution in [0.25, 0.3) is 0 Å². The van der Waals surface area contributed by atoms with Crippen LogP contribution < -0.4 is 5.32 Å². The molecule has 0 bridgehead atoms. The summed E-state index contributed by atoms with van der Waals surface area (Å²) >= 11 is 1.83. The van der Waals surface area contributed by atoms with Crippen LogP contribution in [0.3, 0.4) is 0 Å². The van der Waals surface area contributed by atoms with Crippen molar-refractivity contribution in [1.82, 2.24) is 15.1 Å². The van der Waals surface area contributed by atoms with E-state index in [0.29, 0.717) is 6.04 Å². The summed E-state index contributed by atoms with van der Waals surface area (Å²) in [5.41, 5.74) is 0. The highest BCUT2D eigenvalue weighted by Gasteiger charge is 2.18. The fourth-order valence-electron chi connectivity index (χ4n) is 2.21. The average molecular weight is 253 g/mol. The number of likely N-dealkylation sites (N-methyl/N-ethyl adjacent to an activating group) is 1. The molecule has 0 spiro atoms. The first kappa shape index (κ1) is 13.0. The molecular weight excluding hydrogens is 230 g/mol. The highest BCUT2D eigenvalue weighted by molar-refractivity contribution is 7.09. The van der Waals surface area contributed by atoms with Gasteiger partial charge in [0, 0.05) is 50.2 Å². The van der Waals surface area contributed by atoms with Gasteiger partial charge in [0.25, 0.3) is 0 Å². The summed E-state index contributed by atoms with van der Waals surface area (Å²) < 4.78 is 0. The first-order chi connectivity index (χ1) is 8.25. The molecule has 3 nitrogen and oxygen atoms in total. The summed E-state index contributed by atoms with van der Waals surface area (Å²) in [6, 6.07) is 4.95. The Kier molecular flexibility index (Phi) is 4.98. The molecule has 1 atom stereocenters. The average Bonchev–Trinajstić information content (AvgIpc) is 2.83. The van der Waals surface area contributed by atoms with Crippen LogP contribution >= 0.6 is 11.3 Å². The van der Waals surface area contributed by atoms with Gasteiger partial charge in [0.2, 0.25) is 0 Å². The lowest BCUT2D eigenvalue weighted by molar-refractivity contribution is 0.118. The van der Waals surface area contributed by atoms with Gasteiger partial charge in [-0.05, 0) is 25.4 Å². The molecular formula is C13H23N3S. The highest BCUT2D eigenvalue weighted by atomic mass is 32.1. The van der Waals surface area contributed by atoms with E-state index >= 15 is 0 Å². The predicted molar refractivity (Wildman–Crippen MR) is 74.6 cm³/mol. The molecule has 0 amide bonds. The van der Waals surface area contributed by atoms with Gasteiger partial charge in [-0.3, -0.25) is 4.90 Å². The quantitative estimate of drug-likeness (QED) is 0.857. The Bertz CT molecular complexity index is 304. The molecule has 1 saturated heterocycles. The third kappa shape index (κ3) is 4.07. The third-order valence-corrected chi connectivity index (χ3v) is 4.36. The van der Waals surface area contributed by atoms with Crippen molar-refractivity contribution in [2.24, 2.45) is 0 Å². The number of piperazine rings is 1. The van der Waals surface area contributed by atoms with Gasteiger partial charge in [-0.1, -0.05) is 6.07 Å². The Morgan fingerprint density at radius 2 is 2.12 bits per heavy atom. The van der Waals surface area contributed by atoms with E-state index in [0.717, 1.165) is 13.1 Å². The third-order valence-electron chi connectivity index (χ3n) is 3.48. The van der Waals surface area contributed by atoms with Gasteiger partial charge >= 0.3 is 0 Å². The molecule has 1 aliphatic heterocycles. The standard InChI is InChI=1S/C13H23N3S/c1-12(16-7-5-15(2)6-8-16)10-14-11-13-4-3-9-17-13/h3-4,9,12,14H,5-8,10-11H2,1-2H3. The van der Waals surface area contributed by atoms with Crippen molar-refractivity contribution in [1.29, 1.82) is 0 Å². The lowest BCUT2D eigenvalue weighted by atomic mass is 10.2. The number of nitrogens with zero attached hydrogens (tertiary/aromatic N) is 2. The van der Waals surface area contributed by atoms with Gasteiger partial charge in [0.1, 0.15) is 0 Å². The van der Waals surface area contributed by atoms with Crippen LogP contribution in [0.1, 0.15) is 11.8 Å². The van der Waals surface area contributed by atoms with E-state index < -0.39 is 0 Å². The largest absolute Gasteiger partial charge is 0.310 e. The fourth-order valence-corrected chi connectivity index (χ4v) is 2.88. The number of hydrogen-bond donors (Lipinski definition) is 1. The Hall–Kier alpha value is -0.420.